The maximum atomic E-state index is 13.4. The number of nitrogens with one attached hydrogen (secondary N) is 2. The van der Waals surface area contributed by atoms with Crippen molar-refractivity contribution in [3.8, 4) is 0 Å². The van der Waals surface area contributed by atoms with Gasteiger partial charge in [-0.05, 0) is 67.8 Å². The van der Waals surface area contributed by atoms with Crippen LogP contribution in [0.4, 0.5) is 5.69 Å². The molecule has 0 bridgehead atoms. The number of ether oxygens (including phenoxy) is 5. The Hall–Kier alpha value is -2.30. The fraction of sp³-hybridized carbons (Fsp3) is 0.480. The van der Waals surface area contributed by atoms with Crippen LogP contribution in [0.3, 0.4) is 0 Å². The Morgan fingerprint density at radius 1 is 0.714 bits per heavy atom. The van der Waals surface area contributed by atoms with E-state index in [0.29, 0.717) is 16.3 Å². The molecule has 2 unspecified atom stereocenters. The standard InChI is InChI=1S/C25H29I3N2O12/c1-11(31)38-7-6-18(42-15(5)35)24(36)30-23-21(27)17(10-40-13(3)33)20(26)19(22(23)28)25(37)29-8-16(41-14(4)34)9-39-12(2)32/h16,18H,6-10H2,1-5H3,(H,29,37)(H,30,36). The van der Waals surface area contributed by atoms with Crippen molar-refractivity contribution in [2.45, 2.75) is 59.9 Å². The summed E-state index contributed by atoms with van der Waals surface area (Å²) < 4.78 is 26.3. The lowest BCUT2D eigenvalue weighted by molar-refractivity contribution is -0.155. The first-order valence-electron chi connectivity index (χ1n) is 12.1. The predicted octanol–water partition coefficient (Wildman–Crippen LogP) is 2.61. The molecule has 0 aromatic heterocycles. The largest absolute Gasteiger partial charge is 0.466 e. The van der Waals surface area contributed by atoms with E-state index in [2.05, 4.69) is 10.6 Å². The van der Waals surface area contributed by atoms with Crippen molar-refractivity contribution in [2.24, 2.45) is 0 Å². The molecule has 232 valence electrons. The number of rotatable bonds is 14. The second-order valence-electron chi connectivity index (χ2n) is 8.41. The van der Waals surface area contributed by atoms with E-state index in [-0.39, 0.29) is 44.0 Å². The maximum absolute atomic E-state index is 13.4. The van der Waals surface area contributed by atoms with Crippen molar-refractivity contribution in [2.75, 3.05) is 25.1 Å². The van der Waals surface area contributed by atoms with E-state index in [1.807, 2.05) is 67.8 Å². The smallest absolute Gasteiger partial charge is 0.303 e. The van der Waals surface area contributed by atoms with Crippen LogP contribution in [0.25, 0.3) is 0 Å². The second kappa shape index (κ2) is 18.4. The van der Waals surface area contributed by atoms with Gasteiger partial charge in [0.2, 0.25) is 0 Å². The number of esters is 5. The Bertz CT molecular complexity index is 1240. The maximum Gasteiger partial charge on any atom is 0.303 e. The molecular weight excluding hydrogens is 901 g/mol. The molecule has 2 atom stereocenters. The number of carbonyl (C=O) groups excluding carboxylic acids is 7. The van der Waals surface area contributed by atoms with Gasteiger partial charge in [-0.2, -0.15) is 0 Å². The van der Waals surface area contributed by atoms with Gasteiger partial charge in [-0.25, -0.2) is 0 Å². The summed E-state index contributed by atoms with van der Waals surface area (Å²) in [5.74, 6) is -4.53. The lowest BCUT2D eigenvalue weighted by Crippen LogP contribution is -2.38. The van der Waals surface area contributed by atoms with Crippen molar-refractivity contribution in [3.63, 3.8) is 0 Å². The summed E-state index contributed by atoms with van der Waals surface area (Å²) in [7, 11) is 0. The molecule has 2 amide bonds. The van der Waals surface area contributed by atoms with Crippen LogP contribution in [0.1, 0.15) is 57.0 Å². The highest BCUT2D eigenvalue weighted by atomic mass is 127. The van der Waals surface area contributed by atoms with Gasteiger partial charge in [-0.1, -0.05) is 0 Å². The number of anilines is 1. The predicted molar refractivity (Wildman–Crippen MR) is 170 cm³/mol. The Morgan fingerprint density at radius 2 is 1.29 bits per heavy atom. The highest BCUT2D eigenvalue weighted by Gasteiger charge is 2.29. The number of benzene rings is 1. The highest BCUT2D eigenvalue weighted by molar-refractivity contribution is 14.1. The van der Waals surface area contributed by atoms with Gasteiger partial charge in [0, 0.05) is 53.7 Å². The van der Waals surface area contributed by atoms with Crippen LogP contribution in [0.2, 0.25) is 0 Å². The number of halogens is 3. The van der Waals surface area contributed by atoms with Crippen LogP contribution in [-0.4, -0.2) is 73.6 Å². The zero-order valence-corrected chi connectivity index (χ0v) is 29.7. The first-order chi connectivity index (χ1) is 19.5. The molecule has 0 saturated carbocycles. The van der Waals surface area contributed by atoms with Gasteiger partial charge in [-0.3, -0.25) is 33.6 Å². The van der Waals surface area contributed by atoms with E-state index in [1.54, 1.807) is 0 Å². The summed E-state index contributed by atoms with van der Waals surface area (Å²) in [5, 5.41) is 5.31. The Labute approximate surface area is 282 Å². The Balaban J connectivity index is 3.47. The third-order valence-electron chi connectivity index (χ3n) is 4.88. The average molecular weight is 930 g/mol. The molecule has 0 saturated heterocycles. The summed E-state index contributed by atoms with van der Waals surface area (Å²) in [6, 6.07) is 0. The Morgan fingerprint density at radius 3 is 1.81 bits per heavy atom. The average Bonchev–Trinajstić information content (AvgIpc) is 2.86. The van der Waals surface area contributed by atoms with Gasteiger partial charge < -0.3 is 34.3 Å². The van der Waals surface area contributed by atoms with Crippen molar-refractivity contribution in [3.05, 3.63) is 21.8 Å². The third-order valence-corrected chi connectivity index (χ3v) is 8.34. The second-order valence-corrected chi connectivity index (χ2v) is 11.6. The molecule has 2 N–H and O–H groups in total. The summed E-state index contributed by atoms with van der Waals surface area (Å²) in [6.45, 7) is 4.96. The van der Waals surface area contributed by atoms with E-state index in [9.17, 15) is 33.6 Å². The van der Waals surface area contributed by atoms with Gasteiger partial charge in [0.15, 0.2) is 12.2 Å². The van der Waals surface area contributed by atoms with Crippen molar-refractivity contribution < 1.29 is 57.2 Å². The quantitative estimate of drug-likeness (QED) is 0.158. The van der Waals surface area contributed by atoms with E-state index in [0.717, 1.165) is 6.92 Å². The van der Waals surface area contributed by atoms with Crippen LogP contribution in [0.5, 0.6) is 0 Å². The molecule has 0 spiro atoms. The third kappa shape index (κ3) is 12.9. The minimum atomic E-state index is -1.33. The molecule has 0 heterocycles. The summed E-state index contributed by atoms with van der Waals surface area (Å²) in [6.07, 6.45) is -2.43. The number of carbonyl (C=O) groups is 7. The van der Waals surface area contributed by atoms with E-state index in [1.165, 1.54) is 27.7 Å². The minimum Gasteiger partial charge on any atom is -0.466 e. The van der Waals surface area contributed by atoms with Crippen LogP contribution in [0, 0.1) is 10.7 Å². The summed E-state index contributed by atoms with van der Waals surface area (Å²) in [5.41, 5.74) is 0.690. The fourth-order valence-corrected chi connectivity index (χ4v) is 7.39. The van der Waals surface area contributed by atoms with Crippen LogP contribution in [-0.2, 0) is 59.1 Å². The van der Waals surface area contributed by atoms with Crippen LogP contribution >= 0.6 is 67.8 Å². The Kier molecular flexibility index (Phi) is 16.5. The number of hydrogen-bond donors (Lipinski definition) is 2. The molecule has 14 nitrogen and oxygen atoms in total. The molecule has 0 aliphatic rings. The molecule has 42 heavy (non-hydrogen) atoms. The van der Waals surface area contributed by atoms with Gasteiger partial charge >= 0.3 is 29.8 Å². The van der Waals surface area contributed by atoms with E-state index in [4.69, 9.17) is 23.7 Å². The molecule has 17 heteroatoms. The topological polar surface area (TPSA) is 190 Å². The van der Waals surface area contributed by atoms with Crippen molar-refractivity contribution >= 4 is 115 Å². The normalized spacial score (nSPS) is 11.8. The summed E-state index contributed by atoms with van der Waals surface area (Å²) in [4.78, 5) is 83.7. The van der Waals surface area contributed by atoms with Crippen LogP contribution in [0.15, 0.2) is 0 Å². The zero-order valence-electron chi connectivity index (χ0n) is 23.2. The monoisotopic (exact) mass is 930 g/mol. The molecule has 1 aromatic rings. The first-order valence-corrected chi connectivity index (χ1v) is 15.3. The highest BCUT2D eigenvalue weighted by Crippen LogP contribution is 2.36. The molecule has 1 aromatic carbocycles. The SMILES string of the molecule is CC(=O)OCCC(OC(C)=O)C(=O)Nc1c(I)c(COC(C)=O)c(I)c(C(=O)NCC(COC(C)=O)OC(C)=O)c1I. The lowest BCUT2D eigenvalue weighted by Gasteiger charge is -2.22. The molecule has 0 aliphatic carbocycles. The fourth-order valence-electron chi connectivity index (χ4n) is 3.16. The molecule has 1 rings (SSSR count). The first kappa shape index (κ1) is 37.7. The molecule has 0 radical (unpaired) electrons. The number of amides is 2. The zero-order chi connectivity index (χ0) is 32.1. The van der Waals surface area contributed by atoms with Crippen molar-refractivity contribution in [1.82, 2.24) is 5.32 Å². The summed E-state index contributed by atoms with van der Waals surface area (Å²) >= 11 is 5.71. The van der Waals surface area contributed by atoms with Gasteiger partial charge in [0.05, 0.1) is 28.0 Å². The van der Waals surface area contributed by atoms with E-state index < -0.39 is 53.9 Å². The van der Waals surface area contributed by atoms with Crippen molar-refractivity contribution in [1.29, 1.82) is 0 Å². The van der Waals surface area contributed by atoms with Crippen LogP contribution < -0.4 is 10.6 Å². The van der Waals surface area contributed by atoms with Gasteiger partial charge in [-0.15, -0.1) is 0 Å². The van der Waals surface area contributed by atoms with E-state index >= 15 is 0 Å². The van der Waals surface area contributed by atoms with Gasteiger partial charge in [0.1, 0.15) is 13.2 Å². The number of hydrogen-bond acceptors (Lipinski definition) is 12. The minimum absolute atomic E-state index is 0.104. The molecule has 0 fully saturated rings. The lowest BCUT2D eigenvalue weighted by atomic mass is 10.1. The molecule has 0 aliphatic heterocycles. The molecular formula is C25H29I3N2O12. The van der Waals surface area contributed by atoms with Gasteiger partial charge in [0.25, 0.3) is 11.8 Å².